The summed E-state index contributed by atoms with van der Waals surface area (Å²) >= 11 is 6.22. The van der Waals surface area contributed by atoms with Crippen molar-refractivity contribution in [3.05, 3.63) is 40.7 Å². The van der Waals surface area contributed by atoms with Crippen LogP contribution in [0.1, 0.15) is 49.4 Å². The number of nitrogens with zero attached hydrogens (tertiary/aromatic N) is 4. The number of aromatic nitrogens is 4. The number of nitrogens with one attached hydrogen (secondary N) is 1. The van der Waals surface area contributed by atoms with Crippen LogP contribution < -0.4 is 5.32 Å². The summed E-state index contributed by atoms with van der Waals surface area (Å²) in [5.41, 5.74) is 0.845. The Morgan fingerprint density at radius 1 is 1.23 bits per heavy atom. The van der Waals surface area contributed by atoms with Crippen molar-refractivity contribution in [2.45, 2.75) is 57.2 Å². The Balaban J connectivity index is 1.58. The number of pyridine rings is 1. The zero-order valence-corrected chi connectivity index (χ0v) is 13.3. The predicted octanol–water partition coefficient (Wildman–Crippen LogP) is 2.83. The number of aryl methyl sites for hydroxylation is 1. The van der Waals surface area contributed by atoms with E-state index in [-0.39, 0.29) is 5.54 Å². The van der Waals surface area contributed by atoms with Crippen molar-refractivity contribution >= 4 is 11.6 Å². The van der Waals surface area contributed by atoms with E-state index in [1.165, 1.54) is 19.3 Å². The van der Waals surface area contributed by atoms with Gasteiger partial charge in [0.05, 0.1) is 16.3 Å². The minimum atomic E-state index is -0.0521. The highest BCUT2D eigenvalue weighted by atomic mass is 35.5. The second-order valence-corrected chi connectivity index (χ2v) is 6.68. The summed E-state index contributed by atoms with van der Waals surface area (Å²) in [5, 5.41) is 13.3. The van der Waals surface area contributed by atoms with Crippen LogP contribution in [0, 0.1) is 0 Å². The van der Waals surface area contributed by atoms with Crippen LogP contribution in [-0.2, 0) is 25.0 Å². The quantitative estimate of drug-likeness (QED) is 0.942. The van der Waals surface area contributed by atoms with Crippen LogP contribution in [0.3, 0.4) is 0 Å². The lowest BCUT2D eigenvalue weighted by Gasteiger charge is -2.42. The maximum Gasteiger partial charge on any atom is 0.153 e. The molecule has 5 nitrogen and oxygen atoms in total. The molecule has 1 aliphatic carbocycles. The molecule has 0 unspecified atom stereocenters. The van der Waals surface area contributed by atoms with Crippen molar-refractivity contribution in [1.82, 2.24) is 25.1 Å². The van der Waals surface area contributed by atoms with Crippen LogP contribution in [0.4, 0.5) is 0 Å². The van der Waals surface area contributed by atoms with E-state index in [4.69, 9.17) is 11.6 Å². The summed E-state index contributed by atoms with van der Waals surface area (Å²) in [6.45, 7) is 1.72. The molecule has 1 saturated carbocycles. The van der Waals surface area contributed by atoms with Gasteiger partial charge in [0.15, 0.2) is 5.82 Å². The SMILES string of the molecule is Clc1cccnc1CNC1(c2nnc3n2CCCC3)CCC1. The fourth-order valence-electron chi connectivity index (χ4n) is 3.47. The molecule has 1 fully saturated rings. The van der Waals surface area contributed by atoms with Gasteiger partial charge in [0.2, 0.25) is 0 Å². The van der Waals surface area contributed by atoms with Gasteiger partial charge in [-0.05, 0) is 44.2 Å². The summed E-state index contributed by atoms with van der Waals surface area (Å²) in [6.07, 6.45) is 8.73. The van der Waals surface area contributed by atoms with E-state index < -0.39 is 0 Å². The van der Waals surface area contributed by atoms with Gasteiger partial charge in [-0.15, -0.1) is 10.2 Å². The standard InChI is InChI=1S/C16H20ClN5/c17-12-5-3-9-18-13(12)11-19-16(7-4-8-16)15-21-20-14-6-1-2-10-22(14)15/h3,5,9,19H,1-2,4,6-8,10-11H2. The first kappa shape index (κ1) is 14.2. The Morgan fingerprint density at radius 2 is 2.14 bits per heavy atom. The van der Waals surface area contributed by atoms with Gasteiger partial charge in [0.1, 0.15) is 5.82 Å². The minimum absolute atomic E-state index is 0.0521. The second kappa shape index (κ2) is 5.63. The van der Waals surface area contributed by atoms with E-state index in [1.807, 2.05) is 12.1 Å². The number of hydrogen-bond acceptors (Lipinski definition) is 4. The number of halogens is 1. The molecule has 0 saturated heterocycles. The van der Waals surface area contributed by atoms with Crippen LogP contribution in [0.15, 0.2) is 18.3 Å². The molecule has 2 aliphatic rings. The zero-order chi connectivity index (χ0) is 15.0. The van der Waals surface area contributed by atoms with E-state index in [0.717, 1.165) is 43.1 Å². The number of hydrogen-bond donors (Lipinski definition) is 1. The third kappa shape index (κ3) is 2.32. The molecule has 22 heavy (non-hydrogen) atoms. The Bertz CT molecular complexity index is 677. The maximum atomic E-state index is 6.22. The van der Waals surface area contributed by atoms with Crippen molar-refractivity contribution < 1.29 is 0 Å². The molecule has 0 atom stereocenters. The van der Waals surface area contributed by atoms with E-state index in [0.29, 0.717) is 11.6 Å². The first-order valence-electron chi connectivity index (χ1n) is 8.05. The van der Waals surface area contributed by atoms with Crippen LogP contribution in [-0.4, -0.2) is 19.7 Å². The number of fused-ring (bicyclic) bond motifs is 1. The lowest BCUT2D eigenvalue weighted by Crippen LogP contribution is -2.50. The van der Waals surface area contributed by atoms with Crippen molar-refractivity contribution in [3.8, 4) is 0 Å². The molecule has 1 aliphatic heterocycles. The molecule has 4 rings (SSSR count). The Kier molecular flexibility index (Phi) is 3.62. The molecule has 0 bridgehead atoms. The highest BCUT2D eigenvalue weighted by molar-refractivity contribution is 6.31. The van der Waals surface area contributed by atoms with E-state index in [2.05, 4.69) is 25.1 Å². The smallest absolute Gasteiger partial charge is 0.153 e. The molecule has 2 aromatic heterocycles. The average molecular weight is 318 g/mol. The molecule has 3 heterocycles. The molecular formula is C16H20ClN5. The van der Waals surface area contributed by atoms with Crippen molar-refractivity contribution in [2.24, 2.45) is 0 Å². The average Bonchev–Trinajstić information content (AvgIpc) is 2.93. The molecule has 0 aromatic carbocycles. The highest BCUT2D eigenvalue weighted by Crippen LogP contribution is 2.41. The van der Waals surface area contributed by atoms with E-state index in [9.17, 15) is 0 Å². The molecule has 6 heteroatoms. The van der Waals surface area contributed by atoms with Crippen LogP contribution in [0.2, 0.25) is 5.02 Å². The number of rotatable bonds is 4. The Morgan fingerprint density at radius 3 is 2.91 bits per heavy atom. The molecular weight excluding hydrogens is 298 g/mol. The van der Waals surface area contributed by atoms with Gasteiger partial charge in [-0.2, -0.15) is 0 Å². The maximum absolute atomic E-state index is 6.22. The monoisotopic (exact) mass is 317 g/mol. The second-order valence-electron chi connectivity index (χ2n) is 6.27. The normalized spacial score (nSPS) is 19.5. The lowest BCUT2D eigenvalue weighted by molar-refractivity contribution is 0.161. The fourth-order valence-corrected chi connectivity index (χ4v) is 3.66. The van der Waals surface area contributed by atoms with Gasteiger partial charge in [0.25, 0.3) is 0 Å². The third-order valence-electron chi connectivity index (χ3n) is 4.92. The zero-order valence-electron chi connectivity index (χ0n) is 12.6. The molecule has 116 valence electrons. The van der Waals surface area contributed by atoms with Crippen molar-refractivity contribution in [3.63, 3.8) is 0 Å². The molecule has 0 amide bonds. The Hall–Kier alpha value is -1.46. The Labute approximate surface area is 135 Å². The fraction of sp³-hybridized carbons (Fsp3) is 0.562. The van der Waals surface area contributed by atoms with Gasteiger partial charge >= 0.3 is 0 Å². The van der Waals surface area contributed by atoms with Gasteiger partial charge < -0.3 is 4.57 Å². The van der Waals surface area contributed by atoms with Gasteiger partial charge in [-0.25, -0.2) is 0 Å². The van der Waals surface area contributed by atoms with Crippen molar-refractivity contribution in [2.75, 3.05) is 0 Å². The van der Waals surface area contributed by atoms with Crippen LogP contribution >= 0.6 is 11.6 Å². The lowest BCUT2D eigenvalue weighted by atomic mass is 9.75. The van der Waals surface area contributed by atoms with E-state index in [1.54, 1.807) is 6.20 Å². The summed E-state index contributed by atoms with van der Waals surface area (Å²) in [6, 6.07) is 3.75. The molecule has 1 N–H and O–H groups in total. The molecule has 0 spiro atoms. The van der Waals surface area contributed by atoms with Crippen molar-refractivity contribution in [1.29, 1.82) is 0 Å². The minimum Gasteiger partial charge on any atom is -0.313 e. The summed E-state index contributed by atoms with van der Waals surface area (Å²) in [5.74, 6) is 2.26. The predicted molar refractivity (Wildman–Crippen MR) is 84.6 cm³/mol. The van der Waals surface area contributed by atoms with Crippen LogP contribution in [0.5, 0.6) is 0 Å². The van der Waals surface area contributed by atoms with Gasteiger partial charge in [0, 0.05) is 25.7 Å². The summed E-state index contributed by atoms with van der Waals surface area (Å²) in [4.78, 5) is 4.37. The van der Waals surface area contributed by atoms with Gasteiger partial charge in [-0.3, -0.25) is 10.3 Å². The molecule has 2 aromatic rings. The largest absolute Gasteiger partial charge is 0.313 e. The highest BCUT2D eigenvalue weighted by Gasteiger charge is 2.43. The van der Waals surface area contributed by atoms with E-state index >= 15 is 0 Å². The third-order valence-corrected chi connectivity index (χ3v) is 5.27. The summed E-state index contributed by atoms with van der Waals surface area (Å²) < 4.78 is 2.33. The van der Waals surface area contributed by atoms with Gasteiger partial charge in [-0.1, -0.05) is 11.6 Å². The topological polar surface area (TPSA) is 55.6 Å². The molecule has 0 radical (unpaired) electrons. The first-order chi connectivity index (χ1) is 10.8. The van der Waals surface area contributed by atoms with Crippen LogP contribution in [0.25, 0.3) is 0 Å². The first-order valence-corrected chi connectivity index (χ1v) is 8.43. The summed E-state index contributed by atoms with van der Waals surface area (Å²) in [7, 11) is 0.